The highest BCUT2D eigenvalue weighted by atomic mass is 79.9. The fraction of sp³-hybridized carbons (Fsp3) is 0.222. The van der Waals surface area contributed by atoms with Crippen LogP contribution in [-0.2, 0) is 0 Å². The van der Waals surface area contributed by atoms with Crippen molar-refractivity contribution in [3.8, 4) is 0 Å². The van der Waals surface area contributed by atoms with E-state index in [-0.39, 0.29) is 0 Å². The Balaban J connectivity index is 1.98. The highest BCUT2D eigenvalue weighted by Crippen LogP contribution is 2.29. The Morgan fingerprint density at radius 2 is 2.33 bits per heavy atom. The minimum atomic E-state index is 0.824. The maximum Gasteiger partial charge on any atom is 0.0430 e. The molecule has 1 heterocycles. The zero-order valence-electron chi connectivity index (χ0n) is 12.3. The Labute approximate surface area is 135 Å². The normalized spacial score (nSPS) is 14.6. The van der Waals surface area contributed by atoms with Gasteiger partial charge in [-0.2, -0.15) is 0 Å². The molecule has 0 fully saturated rings. The largest absolute Gasteiger partial charge is 0.381 e. The first kappa shape index (κ1) is 15.8. The summed E-state index contributed by atoms with van der Waals surface area (Å²) in [4.78, 5) is 0. The van der Waals surface area contributed by atoms with Gasteiger partial charge in [0, 0.05) is 35.4 Å². The molecule has 21 heavy (non-hydrogen) atoms. The predicted molar refractivity (Wildman–Crippen MR) is 96.6 cm³/mol. The van der Waals surface area contributed by atoms with Crippen LogP contribution in [0.5, 0.6) is 0 Å². The third kappa shape index (κ3) is 4.45. The summed E-state index contributed by atoms with van der Waals surface area (Å²) in [5, 5.41) is 6.89. The van der Waals surface area contributed by atoms with Crippen molar-refractivity contribution in [2.45, 2.75) is 6.92 Å². The van der Waals surface area contributed by atoms with Crippen molar-refractivity contribution in [2.24, 2.45) is 0 Å². The van der Waals surface area contributed by atoms with Gasteiger partial charge >= 0.3 is 0 Å². The molecule has 0 amide bonds. The summed E-state index contributed by atoms with van der Waals surface area (Å²) >= 11 is 3.52. The van der Waals surface area contributed by atoms with Crippen LogP contribution in [0.15, 0.2) is 65.2 Å². The van der Waals surface area contributed by atoms with Gasteiger partial charge in [0.1, 0.15) is 0 Å². The summed E-state index contributed by atoms with van der Waals surface area (Å²) in [6.45, 7) is 8.43. The average Bonchev–Trinajstić information content (AvgIpc) is 2.50. The van der Waals surface area contributed by atoms with E-state index in [1.54, 1.807) is 0 Å². The number of allylic oxidation sites excluding steroid dienone is 3. The van der Waals surface area contributed by atoms with Crippen LogP contribution >= 0.6 is 15.9 Å². The number of benzene rings is 1. The van der Waals surface area contributed by atoms with Crippen LogP contribution in [0.1, 0.15) is 12.5 Å². The van der Waals surface area contributed by atoms with Crippen molar-refractivity contribution in [1.29, 1.82) is 0 Å². The topological polar surface area (TPSA) is 24.1 Å². The van der Waals surface area contributed by atoms with Crippen LogP contribution in [0.25, 0.3) is 5.57 Å². The second-order valence-electron chi connectivity index (χ2n) is 4.88. The monoisotopic (exact) mass is 344 g/mol. The number of rotatable bonds is 6. The zero-order valence-corrected chi connectivity index (χ0v) is 13.9. The SMILES string of the molecule is C=C/C(=C\C=C/C)CNCC1=CCNc2cc(Br)ccc21. The Morgan fingerprint density at radius 3 is 3.10 bits per heavy atom. The lowest BCUT2D eigenvalue weighted by molar-refractivity contribution is 0.832. The van der Waals surface area contributed by atoms with Crippen molar-refractivity contribution < 1.29 is 0 Å². The number of fused-ring (bicyclic) bond motifs is 1. The van der Waals surface area contributed by atoms with Gasteiger partial charge < -0.3 is 10.6 Å². The number of anilines is 1. The van der Waals surface area contributed by atoms with E-state index in [0.717, 1.165) is 24.1 Å². The molecule has 3 heteroatoms. The Hall–Kier alpha value is -1.58. The number of nitrogens with one attached hydrogen (secondary N) is 2. The molecule has 0 bridgehead atoms. The third-order valence-corrected chi connectivity index (χ3v) is 3.87. The van der Waals surface area contributed by atoms with Gasteiger partial charge in [0.15, 0.2) is 0 Å². The van der Waals surface area contributed by atoms with E-state index in [9.17, 15) is 0 Å². The first-order chi connectivity index (χ1) is 10.2. The summed E-state index contributed by atoms with van der Waals surface area (Å²) < 4.78 is 1.10. The lowest BCUT2D eigenvalue weighted by atomic mass is 10.0. The first-order valence-electron chi connectivity index (χ1n) is 7.12. The molecular weight excluding hydrogens is 324 g/mol. The minimum Gasteiger partial charge on any atom is -0.381 e. The lowest BCUT2D eigenvalue weighted by Crippen LogP contribution is -2.21. The molecule has 0 unspecified atom stereocenters. The molecule has 0 atom stereocenters. The molecule has 0 radical (unpaired) electrons. The predicted octanol–water partition coefficient (Wildman–Crippen LogP) is 4.54. The van der Waals surface area contributed by atoms with Gasteiger partial charge in [-0.05, 0) is 30.2 Å². The molecule has 0 spiro atoms. The zero-order chi connectivity index (χ0) is 15.1. The smallest absolute Gasteiger partial charge is 0.0430 e. The lowest BCUT2D eigenvalue weighted by Gasteiger charge is -2.20. The summed E-state index contributed by atoms with van der Waals surface area (Å²) in [5.41, 5.74) is 5.00. The van der Waals surface area contributed by atoms with E-state index in [1.165, 1.54) is 22.4 Å². The van der Waals surface area contributed by atoms with Crippen LogP contribution in [0.4, 0.5) is 5.69 Å². The van der Waals surface area contributed by atoms with Gasteiger partial charge in [0.2, 0.25) is 0 Å². The highest BCUT2D eigenvalue weighted by molar-refractivity contribution is 9.10. The average molecular weight is 345 g/mol. The molecule has 2 rings (SSSR count). The maximum absolute atomic E-state index is 3.85. The van der Waals surface area contributed by atoms with Gasteiger partial charge in [0.05, 0.1) is 0 Å². The van der Waals surface area contributed by atoms with E-state index in [4.69, 9.17) is 0 Å². The van der Waals surface area contributed by atoms with E-state index in [1.807, 2.05) is 25.2 Å². The second-order valence-corrected chi connectivity index (χ2v) is 5.79. The van der Waals surface area contributed by atoms with Gasteiger partial charge in [-0.3, -0.25) is 0 Å². The fourth-order valence-electron chi connectivity index (χ4n) is 2.26. The van der Waals surface area contributed by atoms with E-state index in [0.29, 0.717) is 0 Å². The Kier molecular flexibility index (Phi) is 6.03. The molecule has 1 aromatic rings. The first-order valence-corrected chi connectivity index (χ1v) is 7.91. The van der Waals surface area contributed by atoms with Crippen LogP contribution in [0.2, 0.25) is 0 Å². The minimum absolute atomic E-state index is 0.824. The number of halogens is 1. The van der Waals surface area contributed by atoms with Crippen LogP contribution in [0.3, 0.4) is 0 Å². The van der Waals surface area contributed by atoms with Crippen molar-refractivity contribution >= 4 is 27.2 Å². The molecule has 0 aliphatic carbocycles. The van der Waals surface area contributed by atoms with E-state index < -0.39 is 0 Å². The fourth-order valence-corrected chi connectivity index (χ4v) is 2.63. The summed E-state index contributed by atoms with van der Waals surface area (Å²) in [5.74, 6) is 0. The molecule has 0 saturated carbocycles. The van der Waals surface area contributed by atoms with Crippen LogP contribution in [0, 0.1) is 0 Å². The second kappa shape index (κ2) is 8.01. The molecule has 1 aromatic carbocycles. The van der Waals surface area contributed by atoms with Gasteiger partial charge in [-0.1, -0.05) is 59.0 Å². The van der Waals surface area contributed by atoms with Crippen LogP contribution in [-0.4, -0.2) is 19.6 Å². The molecule has 2 nitrogen and oxygen atoms in total. The summed E-state index contributed by atoms with van der Waals surface area (Å²) in [6, 6.07) is 6.37. The molecule has 1 aliphatic rings. The molecule has 110 valence electrons. The van der Waals surface area contributed by atoms with Gasteiger partial charge in [-0.15, -0.1) is 0 Å². The Morgan fingerprint density at radius 1 is 1.48 bits per heavy atom. The van der Waals surface area contributed by atoms with E-state index >= 15 is 0 Å². The maximum atomic E-state index is 3.85. The third-order valence-electron chi connectivity index (χ3n) is 3.38. The standard InChI is InChI=1S/C18H21BrN2/c1-3-5-6-14(4-2)12-20-13-15-9-10-21-18-11-16(19)7-8-17(15)18/h3-9,11,20-21H,2,10,12-13H2,1H3/b5-3-,14-6+. The van der Waals surface area contributed by atoms with Gasteiger partial charge in [-0.25, -0.2) is 0 Å². The molecule has 2 N–H and O–H groups in total. The van der Waals surface area contributed by atoms with E-state index in [2.05, 4.69) is 63.5 Å². The van der Waals surface area contributed by atoms with Gasteiger partial charge in [0.25, 0.3) is 0 Å². The molecule has 0 saturated heterocycles. The number of hydrogen-bond donors (Lipinski definition) is 2. The van der Waals surface area contributed by atoms with Crippen LogP contribution < -0.4 is 10.6 Å². The molecule has 1 aliphatic heterocycles. The quantitative estimate of drug-likeness (QED) is 0.740. The molecular formula is C18H21BrN2. The summed E-state index contributed by atoms with van der Waals surface area (Å²) in [6.07, 6.45) is 10.3. The summed E-state index contributed by atoms with van der Waals surface area (Å²) in [7, 11) is 0. The van der Waals surface area contributed by atoms with Crippen molar-refractivity contribution in [1.82, 2.24) is 5.32 Å². The Bertz CT molecular complexity index is 597. The molecule has 0 aromatic heterocycles. The highest BCUT2D eigenvalue weighted by Gasteiger charge is 2.11. The number of hydrogen-bond acceptors (Lipinski definition) is 2. The van der Waals surface area contributed by atoms with Crippen molar-refractivity contribution in [3.63, 3.8) is 0 Å². The van der Waals surface area contributed by atoms with Crippen molar-refractivity contribution in [3.05, 3.63) is 70.8 Å². The van der Waals surface area contributed by atoms with Crippen molar-refractivity contribution in [2.75, 3.05) is 25.0 Å².